The number of rotatable bonds is 12. The summed E-state index contributed by atoms with van der Waals surface area (Å²) in [5.41, 5.74) is 2.26. The van der Waals surface area contributed by atoms with Crippen LogP contribution in [-0.2, 0) is 22.8 Å². The van der Waals surface area contributed by atoms with Crippen molar-refractivity contribution in [1.82, 2.24) is 9.78 Å². The summed E-state index contributed by atoms with van der Waals surface area (Å²) in [4.78, 5) is 12.8. The first-order valence-corrected chi connectivity index (χ1v) is 13.8. The highest BCUT2D eigenvalue weighted by Crippen LogP contribution is 2.12. The summed E-state index contributed by atoms with van der Waals surface area (Å²) in [6.45, 7) is 11.3. The Morgan fingerprint density at radius 2 is 1.90 bits per heavy atom. The highest BCUT2D eigenvalue weighted by atomic mass is 28.3. The van der Waals surface area contributed by atoms with Gasteiger partial charge in [-0.25, -0.2) is 4.68 Å². The first-order valence-electron chi connectivity index (χ1n) is 10.1. The van der Waals surface area contributed by atoms with Crippen LogP contribution in [0.2, 0.25) is 25.7 Å². The van der Waals surface area contributed by atoms with Crippen molar-refractivity contribution < 1.29 is 9.47 Å². The molecular weight excluding hydrogens is 382 g/mol. The van der Waals surface area contributed by atoms with E-state index in [1.807, 2.05) is 43.3 Å². The number of hydrogen-bond acceptors (Lipinski definition) is 5. The average Bonchev–Trinajstić information content (AvgIpc) is 2.69. The van der Waals surface area contributed by atoms with Gasteiger partial charge in [0.05, 0.1) is 30.7 Å². The SMILES string of the molecule is C/C=C/c1c(NCCOCc2ccccc2)cnn(COCC[Si](C)(C)C)c1=O. The van der Waals surface area contributed by atoms with E-state index in [2.05, 4.69) is 30.1 Å². The van der Waals surface area contributed by atoms with Crippen molar-refractivity contribution in [3.8, 4) is 0 Å². The number of anilines is 1. The zero-order valence-electron chi connectivity index (χ0n) is 18.0. The van der Waals surface area contributed by atoms with Gasteiger partial charge in [-0.3, -0.25) is 4.79 Å². The minimum atomic E-state index is -1.15. The molecule has 1 aromatic carbocycles. The molecule has 0 saturated heterocycles. The maximum absolute atomic E-state index is 12.8. The Morgan fingerprint density at radius 1 is 1.14 bits per heavy atom. The van der Waals surface area contributed by atoms with Crippen LogP contribution in [0.3, 0.4) is 0 Å². The lowest BCUT2D eigenvalue weighted by Gasteiger charge is -2.16. The van der Waals surface area contributed by atoms with Crippen molar-refractivity contribution in [3.05, 3.63) is 64.1 Å². The molecule has 158 valence electrons. The summed E-state index contributed by atoms with van der Waals surface area (Å²) in [5, 5.41) is 7.51. The fourth-order valence-corrected chi connectivity index (χ4v) is 3.37. The van der Waals surface area contributed by atoms with Crippen LogP contribution in [0.25, 0.3) is 6.08 Å². The third-order valence-electron chi connectivity index (χ3n) is 4.30. The van der Waals surface area contributed by atoms with E-state index < -0.39 is 8.07 Å². The number of allylic oxidation sites excluding steroid dienone is 1. The molecule has 0 aliphatic carbocycles. The zero-order chi connectivity index (χ0) is 21.1. The smallest absolute Gasteiger partial charge is 0.278 e. The van der Waals surface area contributed by atoms with E-state index in [1.54, 1.807) is 12.3 Å². The summed E-state index contributed by atoms with van der Waals surface area (Å²) in [5.74, 6) is 0. The molecule has 2 rings (SSSR count). The van der Waals surface area contributed by atoms with Gasteiger partial charge in [0.15, 0.2) is 0 Å². The van der Waals surface area contributed by atoms with Gasteiger partial charge >= 0.3 is 0 Å². The summed E-state index contributed by atoms with van der Waals surface area (Å²) < 4.78 is 12.7. The molecule has 0 aliphatic rings. The van der Waals surface area contributed by atoms with Crippen LogP contribution in [0, 0.1) is 0 Å². The highest BCUT2D eigenvalue weighted by molar-refractivity contribution is 6.76. The Labute approximate surface area is 174 Å². The van der Waals surface area contributed by atoms with Gasteiger partial charge in [0.25, 0.3) is 5.56 Å². The lowest BCUT2D eigenvalue weighted by Crippen LogP contribution is -2.28. The quantitative estimate of drug-likeness (QED) is 0.415. The number of hydrogen-bond donors (Lipinski definition) is 1. The van der Waals surface area contributed by atoms with E-state index in [0.29, 0.717) is 37.6 Å². The monoisotopic (exact) mass is 415 g/mol. The lowest BCUT2D eigenvalue weighted by atomic mass is 10.2. The molecule has 2 aromatic rings. The van der Waals surface area contributed by atoms with Crippen LogP contribution >= 0.6 is 0 Å². The number of aromatic nitrogens is 2. The number of benzene rings is 1. The van der Waals surface area contributed by atoms with Crippen LogP contribution in [0.1, 0.15) is 18.1 Å². The summed E-state index contributed by atoms with van der Waals surface area (Å²) >= 11 is 0. The van der Waals surface area contributed by atoms with Crippen molar-refractivity contribution in [1.29, 1.82) is 0 Å². The third-order valence-corrected chi connectivity index (χ3v) is 6.00. The molecule has 1 aromatic heterocycles. The van der Waals surface area contributed by atoms with Crippen molar-refractivity contribution in [2.45, 2.75) is 45.9 Å². The maximum atomic E-state index is 12.8. The molecule has 0 atom stereocenters. The van der Waals surface area contributed by atoms with Crippen molar-refractivity contribution >= 4 is 19.8 Å². The number of nitrogens with one attached hydrogen (secondary N) is 1. The molecule has 0 amide bonds. The van der Waals surface area contributed by atoms with Crippen molar-refractivity contribution in [2.75, 3.05) is 25.1 Å². The molecule has 0 aliphatic heterocycles. The summed E-state index contributed by atoms with van der Waals surface area (Å²) in [6.07, 6.45) is 5.33. The predicted octanol–water partition coefficient (Wildman–Crippen LogP) is 4.22. The number of ether oxygens (including phenoxy) is 2. The van der Waals surface area contributed by atoms with Gasteiger partial charge in [-0.2, -0.15) is 5.10 Å². The minimum absolute atomic E-state index is 0.161. The molecule has 1 N–H and O–H groups in total. The van der Waals surface area contributed by atoms with Gasteiger partial charge in [-0.1, -0.05) is 62.1 Å². The fraction of sp³-hybridized carbons (Fsp3) is 0.455. The molecule has 0 saturated carbocycles. The molecule has 0 unspecified atom stereocenters. The second-order valence-corrected chi connectivity index (χ2v) is 13.7. The average molecular weight is 416 g/mol. The Bertz CT molecular complexity index is 829. The van der Waals surface area contributed by atoms with E-state index in [4.69, 9.17) is 9.47 Å². The number of nitrogens with zero attached hydrogens (tertiary/aromatic N) is 2. The molecule has 0 bridgehead atoms. The molecule has 1 heterocycles. The van der Waals surface area contributed by atoms with Gasteiger partial charge in [0.1, 0.15) is 6.73 Å². The fourth-order valence-electron chi connectivity index (χ4n) is 2.62. The first-order chi connectivity index (χ1) is 13.9. The van der Waals surface area contributed by atoms with Crippen molar-refractivity contribution in [3.63, 3.8) is 0 Å². The Morgan fingerprint density at radius 3 is 2.59 bits per heavy atom. The second-order valence-electron chi connectivity index (χ2n) is 8.09. The van der Waals surface area contributed by atoms with Crippen LogP contribution in [0.4, 0.5) is 5.69 Å². The van der Waals surface area contributed by atoms with E-state index >= 15 is 0 Å². The topological polar surface area (TPSA) is 65.4 Å². The second kappa shape index (κ2) is 11.7. The molecule has 0 radical (unpaired) electrons. The summed E-state index contributed by atoms with van der Waals surface area (Å²) in [6, 6.07) is 11.1. The molecule has 0 fully saturated rings. The Hall–Kier alpha value is -2.22. The van der Waals surface area contributed by atoms with Crippen LogP contribution in [0.5, 0.6) is 0 Å². The lowest BCUT2D eigenvalue weighted by molar-refractivity contribution is 0.0749. The Balaban J connectivity index is 1.89. The molecule has 7 heteroatoms. The van der Waals surface area contributed by atoms with Gasteiger partial charge < -0.3 is 14.8 Å². The highest BCUT2D eigenvalue weighted by Gasteiger charge is 2.13. The van der Waals surface area contributed by atoms with Gasteiger partial charge in [0, 0.05) is 21.2 Å². The Kier molecular flexibility index (Phi) is 9.30. The largest absolute Gasteiger partial charge is 0.381 e. The summed E-state index contributed by atoms with van der Waals surface area (Å²) in [7, 11) is -1.15. The van der Waals surface area contributed by atoms with E-state index in [-0.39, 0.29) is 12.3 Å². The third kappa shape index (κ3) is 8.35. The zero-order valence-corrected chi connectivity index (χ0v) is 19.0. The van der Waals surface area contributed by atoms with E-state index in [9.17, 15) is 4.79 Å². The van der Waals surface area contributed by atoms with Gasteiger partial charge in [-0.05, 0) is 18.5 Å². The molecule has 29 heavy (non-hydrogen) atoms. The van der Waals surface area contributed by atoms with Crippen LogP contribution in [0.15, 0.2) is 47.4 Å². The standard InChI is InChI=1S/C22H33N3O3Si/c1-5-9-20-21(23-12-13-27-17-19-10-7-6-8-11-19)16-24-25(22(20)26)18-28-14-15-29(2,3)4/h5-11,16,23H,12-15,17-18H2,1-4H3/b9-5+. The minimum Gasteiger partial charge on any atom is -0.381 e. The van der Waals surface area contributed by atoms with Crippen LogP contribution in [-0.4, -0.2) is 37.6 Å². The molecule has 6 nitrogen and oxygen atoms in total. The van der Waals surface area contributed by atoms with Gasteiger partial charge in [-0.15, -0.1) is 0 Å². The van der Waals surface area contributed by atoms with E-state index in [1.165, 1.54) is 4.68 Å². The predicted molar refractivity (Wildman–Crippen MR) is 122 cm³/mol. The maximum Gasteiger partial charge on any atom is 0.278 e. The van der Waals surface area contributed by atoms with E-state index in [0.717, 1.165) is 11.6 Å². The van der Waals surface area contributed by atoms with Crippen LogP contribution < -0.4 is 10.9 Å². The van der Waals surface area contributed by atoms with Crippen molar-refractivity contribution in [2.24, 2.45) is 0 Å². The molecule has 0 spiro atoms. The molecular formula is C22H33N3O3Si. The van der Waals surface area contributed by atoms with Gasteiger partial charge in [0.2, 0.25) is 0 Å². The normalized spacial score (nSPS) is 11.9. The first kappa shape index (κ1) is 23.1.